The molecule has 0 aliphatic carbocycles. The summed E-state index contributed by atoms with van der Waals surface area (Å²) in [6.07, 6.45) is 0. The maximum absolute atomic E-state index is 13.4. The lowest BCUT2D eigenvalue weighted by molar-refractivity contribution is -0.137. The topological polar surface area (TPSA) is 87.2 Å². The molecule has 9 heteroatoms. The number of aromatic amines is 1. The van der Waals surface area contributed by atoms with Crippen molar-refractivity contribution in [2.24, 2.45) is 5.92 Å². The average Bonchev–Trinajstić information content (AvgIpc) is 3.07. The number of H-pyrrole nitrogens is 1. The largest absolute Gasteiger partial charge is 0.480 e. The Labute approximate surface area is 177 Å². The summed E-state index contributed by atoms with van der Waals surface area (Å²) in [6, 6.07) is 11.8. The van der Waals surface area contributed by atoms with Crippen molar-refractivity contribution in [3.63, 3.8) is 0 Å². The first-order valence-electron chi connectivity index (χ1n) is 8.53. The lowest BCUT2D eigenvalue weighted by Gasteiger charge is -2.34. The van der Waals surface area contributed by atoms with Crippen molar-refractivity contribution >= 4 is 46.5 Å². The third kappa shape index (κ3) is 3.75. The highest BCUT2D eigenvalue weighted by atomic mass is 35.5. The molecule has 1 aliphatic heterocycles. The number of benzene rings is 2. The first kappa shape index (κ1) is 19.9. The van der Waals surface area contributed by atoms with Crippen molar-refractivity contribution in [2.45, 2.75) is 16.2 Å². The predicted molar refractivity (Wildman–Crippen MR) is 110 cm³/mol. The highest BCUT2D eigenvalue weighted by molar-refractivity contribution is 8.00. The Bertz CT molecular complexity index is 1140. The van der Waals surface area contributed by atoms with Gasteiger partial charge >= 0.3 is 10.8 Å². The molecule has 148 valence electrons. The number of thioether (sulfide) groups is 1. The molecule has 5 nitrogen and oxygen atoms in total. The summed E-state index contributed by atoms with van der Waals surface area (Å²) in [7, 11) is 0. The Balaban J connectivity index is 1.90. The Hall–Kier alpha value is -2.42. The molecule has 0 amide bonds. The number of aliphatic carboxylic acids is 1. The molecular weight excluding hydrogens is 437 g/mol. The Morgan fingerprint density at radius 3 is 2.34 bits per heavy atom. The Kier molecular flexibility index (Phi) is 5.33. The standard InChI is InChI=1S/C20H13ClFNO4S2/c21-11-5-1-9(2-6-11)13-14(15(24)10-3-7-12(22)8-4-10)17(19(25)26)28-18-16(13)29-20(27)23-18/h1-8,13-14,17H,(H,23,27)(H,25,26). The van der Waals surface area contributed by atoms with Crippen molar-refractivity contribution in [2.75, 3.05) is 0 Å². The number of Topliss-reactive ketones (excluding diaryl/α,β-unsaturated/α-hetero) is 1. The molecule has 1 aliphatic rings. The van der Waals surface area contributed by atoms with Crippen molar-refractivity contribution in [3.8, 4) is 0 Å². The van der Waals surface area contributed by atoms with Crippen LogP contribution in [0, 0.1) is 11.7 Å². The van der Waals surface area contributed by atoms with Crippen LogP contribution in [0.4, 0.5) is 4.39 Å². The van der Waals surface area contributed by atoms with Gasteiger partial charge in [0.25, 0.3) is 0 Å². The fourth-order valence-corrected chi connectivity index (χ4v) is 6.03. The number of ketones is 1. The van der Waals surface area contributed by atoms with Gasteiger partial charge in [0.1, 0.15) is 11.1 Å². The first-order valence-corrected chi connectivity index (χ1v) is 10.6. The molecule has 3 aromatic rings. The van der Waals surface area contributed by atoms with E-state index in [-0.39, 0.29) is 10.4 Å². The molecule has 0 radical (unpaired) electrons. The van der Waals surface area contributed by atoms with Gasteiger partial charge in [-0.3, -0.25) is 14.4 Å². The summed E-state index contributed by atoms with van der Waals surface area (Å²) in [5.41, 5.74) is 0.895. The van der Waals surface area contributed by atoms with E-state index in [2.05, 4.69) is 4.98 Å². The van der Waals surface area contributed by atoms with Gasteiger partial charge in [-0.2, -0.15) is 0 Å². The van der Waals surface area contributed by atoms with E-state index in [0.29, 0.717) is 20.5 Å². The second kappa shape index (κ2) is 7.78. The quantitative estimate of drug-likeness (QED) is 0.576. The molecule has 3 atom stereocenters. The molecule has 0 spiro atoms. The van der Waals surface area contributed by atoms with Crippen LogP contribution in [0.15, 0.2) is 58.4 Å². The maximum Gasteiger partial charge on any atom is 0.317 e. The van der Waals surface area contributed by atoms with E-state index in [1.54, 1.807) is 24.3 Å². The molecular formula is C20H13ClFNO4S2. The number of halogens is 2. The average molecular weight is 450 g/mol. The molecule has 1 aromatic heterocycles. The summed E-state index contributed by atoms with van der Waals surface area (Å²) < 4.78 is 13.3. The van der Waals surface area contributed by atoms with Crippen molar-refractivity contribution in [1.82, 2.24) is 4.98 Å². The molecule has 2 heterocycles. The van der Waals surface area contributed by atoms with Crippen molar-refractivity contribution in [3.05, 3.63) is 85.0 Å². The van der Waals surface area contributed by atoms with Gasteiger partial charge in [0.15, 0.2) is 5.78 Å². The molecule has 2 aromatic carbocycles. The van der Waals surface area contributed by atoms with E-state index in [9.17, 15) is 23.9 Å². The number of nitrogens with one attached hydrogen (secondary N) is 1. The molecule has 4 rings (SSSR count). The summed E-state index contributed by atoms with van der Waals surface area (Å²) >= 11 is 7.91. The smallest absolute Gasteiger partial charge is 0.317 e. The SMILES string of the molecule is O=C(O)C1Sc2[nH]c(=O)sc2C(c2ccc(Cl)cc2)C1C(=O)c1ccc(F)cc1. The number of fused-ring (bicyclic) bond motifs is 1. The van der Waals surface area contributed by atoms with Crippen LogP contribution in [0.2, 0.25) is 5.02 Å². The maximum atomic E-state index is 13.4. The van der Waals surface area contributed by atoms with Crippen LogP contribution in [0.3, 0.4) is 0 Å². The van der Waals surface area contributed by atoms with Gasteiger partial charge in [-0.25, -0.2) is 4.39 Å². The van der Waals surface area contributed by atoms with Gasteiger partial charge in [-0.1, -0.05) is 46.8 Å². The number of carboxylic acid groups (broad SMARTS) is 1. The zero-order valence-corrected chi connectivity index (χ0v) is 17.0. The second-order valence-corrected chi connectivity index (χ2v) is 9.11. The Morgan fingerprint density at radius 2 is 1.72 bits per heavy atom. The number of hydrogen-bond acceptors (Lipinski definition) is 5. The molecule has 29 heavy (non-hydrogen) atoms. The van der Waals surface area contributed by atoms with Gasteiger partial charge in [0.2, 0.25) is 0 Å². The highest BCUT2D eigenvalue weighted by Gasteiger charge is 2.47. The van der Waals surface area contributed by atoms with Gasteiger partial charge in [-0.15, -0.1) is 0 Å². The predicted octanol–water partition coefficient (Wildman–Crippen LogP) is 4.42. The minimum absolute atomic E-state index is 0.216. The van der Waals surface area contributed by atoms with Crippen LogP contribution in [0.5, 0.6) is 0 Å². The minimum atomic E-state index is -1.16. The van der Waals surface area contributed by atoms with Crippen LogP contribution in [0.25, 0.3) is 0 Å². The molecule has 2 N–H and O–H groups in total. The molecule has 0 bridgehead atoms. The molecule has 3 unspecified atom stereocenters. The fraction of sp³-hybridized carbons (Fsp3) is 0.150. The van der Waals surface area contributed by atoms with E-state index in [4.69, 9.17) is 11.6 Å². The molecule has 0 fully saturated rings. The van der Waals surface area contributed by atoms with Crippen LogP contribution in [0.1, 0.15) is 26.7 Å². The number of rotatable bonds is 4. The monoisotopic (exact) mass is 449 g/mol. The summed E-state index contributed by atoms with van der Waals surface area (Å²) in [4.78, 5) is 40.4. The molecule has 0 saturated carbocycles. The zero-order chi connectivity index (χ0) is 20.7. The third-order valence-corrected chi connectivity index (χ3v) is 7.41. The normalized spacial score (nSPS) is 20.8. The second-order valence-electron chi connectivity index (χ2n) is 6.51. The molecule has 0 saturated heterocycles. The lowest BCUT2D eigenvalue weighted by Crippen LogP contribution is -2.39. The number of carboxylic acids is 1. The van der Waals surface area contributed by atoms with Crippen LogP contribution >= 0.6 is 34.7 Å². The van der Waals surface area contributed by atoms with Crippen LogP contribution in [-0.2, 0) is 4.79 Å². The van der Waals surface area contributed by atoms with E-state index in [1.165, 1.54) is 12.1 Å². The van der Waals surface area contributed by atoms with Gasteiger partial charge < -0.3 is 10.1 Å². The first-order chi connectivity index (χ1) is 13.8. The summed E-state index contributed by atoms with van der Waals surface area (Å²) in [6.45, 7) is 0. The summed E-state index contributed by atoms with van der Waals surface area (Å²) in [5, 5.41) is 9.68. The summed E-state index contributed by atoms with van der Waals surface area (Å²) in [5.74, 6) is -3.70. The van der Waals surface area contributed by atoms with E-state index >= 15 is 0 Å². The van der Waals surface area contributed by atoms with Gasteiger partial charge in [0, 0.05) is 21.4 Å². The van der Waals surface area contributed by atoms with Gasteiger partial charge in [0.05, 0.1) is 10.9 Å². The minimum Gasteiger partial charge on any atom is -0.480 e. The van der Waals surface area contributed by atoms with E-state index in [0.717, 1.165) is 35.2 Å². The number of carbonyl (C=O) groups is 2. The zero-order valence-electron chi connectivity index (χ0n) is 14.6. The van der Waals surface area contributed by atoms with E-state index < -0.39 is 34.7 Å². The fourth-order valence-electron chi connectivity index (χ4n) is 3.48. The lowest BCUT2D eigenvalue weighted by atomic mass is 9.78. The highest BCUT2D eigenvalue weighted by Crippen LogP contribution is 2.50. The van der Waals surface area contributed by atoms with Crippen molar-refractivity contribution < 1.29 is 19.1 Å². The number of aromatic nitrogens is 1. The van der Waals surface area contributed by atoms with Crippen LogP contribution < -0.4 is 4.87 Å². The van der Waals surface area contributed by atoms with Crippen molar-refractivity contribution in [1.29, 1.82) is 0 Å². The van der Waals surface area contributed by atoms with Crippen LogP contribution in [-0.4, -0.2) is 27.1 Å². The van der Waals surface area contributed by atoms with Gasteiger partial charge in [-0.05, 0) is 42.0 Å². The third-order valence-electron chi connectivity index (χ3n) is 4.76. The number of thiazole rings is 1. The number of carbonyl (C=O) groups excluding carboxylic acids is 1. The number of hydrogen-bond donors (Lipinski definition) is 2. The van der Waals surface area contributed by atoms with E-state index in [1.807, 2.05) is 0 Å². The Morgan fingerprint density at radius 1 is 1.07 bits per heavy atom.